The number of urea groups is 1. The topological polar surface area (TPSA) is 94.7 Å². The maximum Gasteiger partial charge on any atom is 0.326 e. The number of likely N-dealkylation sites (tertiary alicyclic amines) is 1. The van der Waals surface area contributed by atoms with Crippen molar-refractivity contribution in [3.8, 4) is 16.9 Å². The second-order valence-corrected chi connectivity index (χ2v) is 9.66. The number of ether oxygens (including phenoxy) is 1. The van der Waals surface area contributed by atoms with E-state index in [-0.39, 0.29) is 19.1 Å². The van der Waals surface area contributed by atoms with Crippen LogP contribution in [-0.2, 0) is 17.8 Å². The number of piperidine rings is 1. The van der Waals surface area contributed by atoms with Gasteiger partial charge in [0.05, 0.1) is 31.1 Å². The summed E-state index contributed by atoms with van der Waals surface area (Å²) in [5.74, 6) is 0.0589. The first kappa shape index (κ1) is 25.6. The van der Waals surface area contributed by atoms with Crippen LogP contribution < -0.4 is 9.64 Å². The summed E-state index contributed by atoms with van der Waals surface area (Å²) < 4.78 is 31.5. The molecule has 0 bridgehead atoms. The van der Waals surface area contributed by atoms with E-state index in [4.69, 9.17) is 9.72 Å². The molecule has 9 nitrogen and oxygen atoms in total. The number of methoxy groups -OCH3 is 1. The molecule has 1 spiro atoms. The SMILES string of the molecule is CCc1nc(N2CC3(CCN(C(=O)C(F)F)CC3)N(Cc3cccc(OC)c3)C2=O)ccc1-c1cn[nH]c1. The summed E-state index contributed by atoms with van der Waals surface area (Å²) in [6.45, 7) is 3.00. The highest BCUT2D eigenvalue weighted by atomic mass is 19.3. The van der Waals surface area contributed by atoms with Gasteiger partial charge in [0.1, 0.15) is 11.6 Å². The molecule has 0 saturated carbocycles. The lowest BCUT2D eigenvalue weighted by atomic mass is 9.86. The van der Waals surface area contributed by atoms with Gasteiger partial charge in [-0.15, -0.1) is 0 Å². The van der Waals surface area contributed by atoms with Crippen LogP contribution in [0, 0.1) is 0 Å². The molecular weight excluding hydrogens is 494 g/mol. The number of hydrogen-bond donors (Lipinski definition) is 1. The Labute approximate surface area is 219 Å². The molecule has 0 unspecified atom stereocenters. The zero-order valence-corrected chi connectivity index (χ0v) is 21.4. The van der Waals surface area contributed by atoms with Gasteiger partial charge in [0, 0.05) is 37.0 Å². The van der Waals surface area contributed by atoms with Gasteiger partial charge >= 0.3 is 12.5 Å². The molecule has 2 aliphatic heterocycles. The van der Waals surface area contributed by atoms with Crippen molar-refractivity contribution in [1.29, 1.82) is 0 Å². The number of rotatable bonds is 7. The van der Waals surface area contributed by atoms with Crippen LogP contribution >= 0.6 is 0 Å². The minimum absolute atomic E-state index is 0.159. The van der Waals surface area contributed by atoms with E-state index < -0.39 is 17.9 Å². The fraction of sp³-hybridized carbons (Fsp3) is 0.407. The van der Waals surface area contributed by atoms with Crippen LogP contribution in [0.5, 0.6) is 5.75 Å². The third-order valence-electron chi connectivity index (χ3n) is 7.53. The van der Waals surface area contributed by atoms with Crippen molar-refractivity contribution >= 4 is 17.8 Å². The smallest absolute Gasteiger partial charge is 0.326 e. The maximum absolute atomic E-state index is 13.9. The third-order valence-corrected chi connectivity index (χ3v) is 7.53. The Bertz CT molecular complexity index is 1310. The van der Waals surface area contributed by atoms with Gasteiger partial charge in [0.25, 0.3) is 5.91 Å². The summed E-state index contributed by atoms with van der Waals surface area (Å²) in [5.41, 5.74) is 2.97. The van der Waals surface area contributed by atoms with Gasteiger partial charge in [-0.2, -0.15) is 13.9 Å². The summed E-state index contributed by atoms with van der Waals surface area (Å²) in [7, 11) is 1.59. The van der Waals surface area contributed by atoms with E-state index in [1.54, 1.807) is 24.4 Å². The first-order chi connectivity index (χ1) is 18.3. The molecule has 4 heterocycles. The number of H-pyrrole nitrogens is 1. The normalized spacial score (nSPS) is 17.1. The minimum Gasteiger partial charge on any atom is -0.497 e. The first-order valence-corrected chi connectivity index (χ1v) is 12.6. The van der Waals surface area contributed by atoms with E-state index in [2.05, 4.69) is 10.2 Å². The highest BCUT2D eigenvalue weighted by Crippen LogP contribution is 2.40. The summed E-state index contributed by atoms with van der Waals surface area (Å²) in [4.78, 5) is 35.4. The van der Waals surface area contributed by atoms with E-state index in [1.165, 1.54) is 4.90 Å². The molecule has 0 atom stereocenters. The molecule has 2 aliphatic rings. The number of anilines is 1. The van der Waals surface area contributed by atoms with Crippen molar-refractivity contribution in [2.45, 2.75) is 44.7 Å². The molecule has 1 N–H and O–H groups in total. The summed E-state index contributed by atoms with van der Waals surface area (Å²) in [6, 6.07) is 11.1. The predicted octanol–water partition coefficient (Wildman–Crippen LogP) is 4.11. The molecule has 200 valence electrons. The van der Waals surface area contributed by atoms with Crippen LogP contribution in [0.25, 0.3) is 11.1 Å². The number of halogens is 2. The zero-order valence-electron chi connectivity index (χ0n) is 21.4. The number of nitrogens with zero attached hydrogens (tertiary/aromatic N) is 5. The fourth-order valence-corrected chi connectivity index (χ4v) is 5.44. The lowest BCUT2D eigenvalue weighted by molar-refractivity contribution is -0.145. The van der Waals surface area contributed by atoms with Gasteiger partial charge < -0.3 is 14.5 Å². The molecule has 3 amide bonds. The average molecular weight is 525 g/mol. The molecule has 38 heavy (non-hydrogen) atoms. The van der Waals surface area contributed by atoms with Crippen LogP contribution in [-0.4, -0.2) is 75.6 Å². The van der Waals surface area contributed by atoms with E-state index >= 15 is 0 Å². The molecule has 1 aromatic carbocycles. The van der Waals surface area contributed by atoms with Crippen LogP contribution in [0.4, 0.5) is 19.4 Å². The molecule has 5 rings (SSSR count). The largest absolute Gasteiger partial charge is 0.497 e. The number of aromatic amines is 1. The molecule has 0 radical (unpaired) electrons. The van der Waals surface area contributed by atoms with Crippen LogP contribution in [0.15, 0.2) is 48.8 Å². The van der Waals surface area contributed by atoms with Crippen molar-refractivity contribution < 1.29 is 23.1 Å². The Balaban J connectivity index is 1.47. The van der Waals surface area contributed by atoms with Crippen LogP contribution in [0.1, 0.15) is 31.0 Å². The summed E-state index contributed by atoms with van der Waals surface area (Å²) >= 11 is 0. The number of aryl methyl sites for hydroxylation is 1. The number of carbonyl (C=O) groups excluding carboxylic acids is 2. The number of pyridine rings is 1. The van der Waals surface area contributed by atoms with Gasteiger partial charge in [-0.1, -0.05) is 19.1 Å². The van der Waals surface area contributed by atoms with Gasteiger partial charge in [0.15, 0.2) is 0 Å². The van der Waals surface area contributed by atoms with Crippen LogP contribution in [0.3, 0.4) is 0 Å². The Morgan fingerprint density at radius 3 is 2.66 bits per heavy atom. The minimum atomic E-state index is -3.04. The third kappa shape index (κ3) is 4.68. The number of alkyl halides is 2. The number of nitrogens with one attached hydrogen (secondary N) is 1. The van der Waals surface area contributed by atoms with Crippen molar-refractivity contribution in [2.24, 2.45) is 0 Å². The maximum atomic E-state index is 13.9. The van der Waals surface area contributed by atoms with E-state index in [9.17, 15) is 18.4 Å². The highest BCUT2D eigenvalue weighted by molar-refractivity contribution is 5.95. The van der Waals surface area contributed by atoms with Gasteiger partial charge in [-0.05, 0) is 49.1 Å². The second kappa shape index (κ2) is 10.4. The fourth-order valence-electron chi connectivity index (χ4n) is 5.44. The quantitative estimate of drug-likeness (QED) is 0.502. The first-order valence-electron chi connectivity index (χ1n) is 12.6. The van der Waals surface area contributed by atoms with Crippen molar-refractivity contribution in [3.63, 3.8) is 0 Å². The number of benzene rings is 1. The molecule has 3 aromatic rings. The Hall–Kier alpha value is -4.02. The molecule has 11 heteroatoms. The molecule has 2 saturated heterocycles. The van der Waals surface area contributed by atoms with Crippen molar-refractivity contribution in [3.05, 3.63) is 60.0 Å². The Kier molecular flexibility index (Phi) is 7.00. The molecular formula is C27H30F2N6O3. The lowest BCUT2D eigenvalue weighted by Crippen LogP contribution is -2.55. The monoisotopic (exact) mass is 524 g/mol. The number of carbonyl (C=O) groups is 2. The Morgan fingerprint density at radius 1 is 1.21 bits per heavy atom. The second-order valence-electron chi connectivity index (χ2n) is 9.66. The molecule has 2 aromatic heterocycles. The van der Waals surface area contributed by atoms with Gasteiger partial charge in [0.2, 0.25) is 0 Å². The van der Waals surface area contributed by atoms with E-state index in [0.29, 0.717) is 43.9 Å². The predicted molar refractivity (Wildman–Crippen MR) is 137 cm³/mol. The number of amides is 3. The lowest BCUT2D eigenvalue weighted by Gasteiger charge is -2.43. The Morgan fingerprint density at radius 2 is 2.00 bits per heavy atom. The van der Waals surface area contributed by atoms with Crippen molar-refractivity contribution in [2.75, 3.05) is 31.6 Å². The summed E-state index contributed by atoms with van der Waals surface area (Å²) in [6.07, 6.45) is 1.95. The molecule has 2 fully saturated rings. The van der Waals surface area contributed by atoms with E-state index in [1.807, 2.05) is 48.2 Å². The summed E-state index contributed by atoms with van der Waals surface area (Å²) in [5, 5.41) is 6.84. The molecule has 0 aliphatic carbocycles. The van der Waals surface area contributed by atoms with Gasteiger partial charge in [-0.25, -0.2) is 9.78 Å². The number of aromatic nitrogens is 3. The zero-order chi connectivity index (χ0) is 26.9. The van der Waals surface area contributed by atoms with Gasteiger partial charge in [-0.3, -0.25) is 14.8 Å². The standard InChI is InChI=1S/C27H30F2N6O3/c1-3-22-21(19-14-30-31-15-19)7-8-23(32-22)34-17-27(9-11-33(12-10-27)25(36)24(28)29)35(26(34)37)16-18-5-4-6-20(13-18)38-2/h4-8,13-15,24H,3,9-12,16-17H2,1-2H3,(H,30,31). The number of hydrogen-bond acceptors (Lipinski definition) is 5. The average Bonchev–Trinajstić information content (AvgIpc) is 3.56. The van der Waals surface area contributed by atoms with Crippen LogP contribution in [0.2, 0.25) is 0 Å². The van der Waals surface area contributed by atoms with E-state index in [0.717, 1.165) is 22.4 Å². The highest BCUT2D eigenvalue weighted by Gasteiger charge is 2.52. The van der Waals surface area contributed by atoms with Crippen molar-refractivity contribution in [1.82, 2.24) is 25.0 Å².